The molecule has 2 aromatic rings. The number of aliphatic hydroxyl groups is 1. The number of rotatable bonds is 7. The summed E-state index contributed by atoms with van der Waals surface area (Å²) in [6, 6.07) is 11.5. The van der Waals surface area contributed by atoms with Gasteiger partial charge in [0.2, 0.25) is 0 Å². The first-order valence-electron chi connectivity index (χ1n) is 11.2. The Labute approximate surface area is 193 Å². The van der Waals surface area contributed by atoms with Crippen molar-refractivity contribution in [3.05, 3.63) is 59.2 Å². The summed E-state index contributed by atoms with van der Waals surface area (Å²) in [5, 5.41) is 11.4. The van der Waals surface area contributed by atoms with Crippen LogP contribution in [0.5, 0.6) is 17.2 Å². The van der Waals surface area contributed by atoms with E-state index < -0.39 is 17.7 Å². The molecule has 0 spiro atoms. The third-order valence-corrected chi connectivity index (χ3v) is 6.35. The minimum atomic E-state index is -0.708. The lowest BCUT2D eigenvalue weighted by Crippen LogP contribution is -2.37. The van der Waals surface area contributed by atoms with E-state index in [-0.39, 0.29) is 17.4 Å². The van der Waals surface area contributed by atoms with E-state index in [1.807, 2.05) is 31.2 Å². The number of hydrogen-bond donors (Lipinski definition) is 1. The first-order chi connectivity index (χ1) is 16.0. The van der Waals surface area contributed by atoms with E-state index in [1.165, 1.54) is 14.2 Å². The molecule has 4 rings (SSSR count). The molecular weight excluding hydrogens is 422 g/mol. The lowest BCUT2D eigenvalue weighted by Gasteiger charge is -2.31. The quantitative estimate of drug-likeness (QED) is 0.380. The molecule has 0 aromatic heterocycles. The number of nitrogens with zero attached hydrogens (tertiary/aromatic N) is 1. The number of methoxy groups -OCH3 is 2. The van der Waals surface area contributed by atoms with Gasteiger partial charge in [0.25, 0.3) is 11.7 Å². The van der Waals surface area contributed by atoms with E-state index in [4.69, 9.17) is 14.2 Å². The zero-order valence-electron chi connectivity index (χ0n) is 19.2. The number of Topliss-reactive ketones (excluding diaryl/α,β-unsaturated/α-hetero) is 1. The molecule has 1 N–H and O–H groups in total. The monoisotopic (exact) mass is 451 g/mol. The van der Waals surface area contributed by atoms with Gasteiger partial charge in [0.05, 0.1) is 38.0 Å². The highest BCUT2D eigenvalue weighted by Crippen LogP contribution is 2.45. The minimum absolute atomic E-state index is 0.0507. The van der Waals surface area contributed by atoms with Crippen LogP contribution in [0.25, 0.3) is 5.76 Å². The van der Waals surface area contributed by atoms with E-state index in [0.717, 1.165) is 31.2 Å². The van der Waals surface area contributed by atoms with Crippen molar-refractivity contribution in [2.45, 2.75) is 44.7 Å². The summed E-state index contributed by atoms with van der Waals surface area (Å²) in [6.45, 7) is 2.39. The molecule has 1 saturated heterocycles. The number of ether oxygens (including phenoxy) is 3. The molecule has 7 heteroatoms. The van der Waals surface area contributed by atoms with Crippen LogP contribution in [0.3, 0.4) is 0 Å². The normalized spacial score (nSPS) is 20.3. The topological polar surface area (TPSA) is 85.3 Å². The molecule has 1 amide bonds. The molecular formula is C26H29NO6. The van der Waals surface area contributed by atoms with Crippen molar-refractivity contribution in [2.75, 3.05) is 20.8 Å². The largest absolute Gasteiger partial charge is 0.507 e. The average Bonchev–Trinajstić information content (AvgIpc) is 3.45. The maximum atomic E-state index is 13.3. The van der Waals surface area contributed by atoms with Gasteiger partial charge in [-0.15, -0.1) is 0 Å². The van der Waals surface area contributed by atoms with Crippen LogP contribution >= 0.6 is 0 Å². The third kappa shape index (κ3) is 4.15. The van der Waals surface area contributed by atoms with Crippen LogP contribution in [0.1, 0.15) is 49.8 Å². The summed E-state index contributed by atoms with van der Waals surface area (Å²) in [7, 11) is 3.01. The predicted molar refractivity (Wildman–Crippen MR) is 124 cm³/mol. The number of carbonyl (C=O) groups is 2. The highest BCUT2D eigenvalue weighted by molar-refractivity contribution is 6.46. The smallest absolute Gasteiger partial charge is 0.295 e. The second-order valence-electron chi connectivity index (χ2n) is 8.22. The summed E-state index contributed by atoms with van der Waals surface area (Å²) in [5.41, 5.74) is 1.11. The van der Waals surface area contributed by atoms with Gasteiger partial charge in [-0.2, -0.15) is 0 Å². The molecule has 174 valence electrons. The second kappa shape index (κ2) is 9.57. The predicted octanol–water partition coefficient (Wildman–Crippen LogP) is 4.47. The van der Waals surface area contributed by atoms with Gasteiger partial charge in [-0.25, -0.2) is 0 Å². The van der Waals surface area contributed by atoms with Crippen molar-refractivity contribution in [1.82, 2.24) is 4.90 Å². The molecule has 2 fully saturated rings. The molecule has 1 aliphatic carbocycles. The van der Waals surface area contributed by atoms with Gasteiger partial charge in [-0.1, -0.05) is 25.0 Å². The van der Waals surface area contributed by atoms with Crippen molar-refractivity contribution in [2.24, 2.45) is 0 Å². The summed E-state index contributed by atoms with van der Waals surface area (Å²) in [6.07, 6.45) is 3.68. The highest BCUT2D eigenvalue weighted by Gasteiger charge is 2.49. The average molecular weight is 452 g/mol. The van der Waals surface area contributed by atoms with Gasteiger partial charge in [-0.3, -0.25) is 9.59 Å². The molecule has 0 bridgehead atoms. The fourth-order valence-electron chi connectivity index (χ4n) is 4.82. The summed E-state index contributed by atoms with van der Waals surface area (Å²) in [5.74, 6) is 0.0116. The molecule has 7 nitrogen and oxygen atoms in total. The molecule has 1 aliphatic heterocycles. The molecule has 1 heterocycles. The second-order valence-corrected chi connectivity index (χ2v) is 8.22. The number of likely N-dealkylation sites (tertiary alicyclic amines) is 1. The fraction of sp³-hybridized carbons (Fsp3) is 0.385. The summed E-state index contributed by atoms with van der Waals surface area (Å²) < 4.78 is 16.4. The maximum Gasteiger partial charge on any atom is 0.295 e. The zero-order chi connectivity index (χ0) is 23.5. The Morgan fingerprint density at radius 3 is 2.45 bits per heavy atom. The first kappa shape index (κ1) is 22.7. The van der Waals surface area contributed by atoms with E-state index in [1.54, 1.807) is 23.1 Å². The van der Waals surface area contributed by atoms with Gasteiger partial charge >= 0.3 is 0 Å². The van der Waals surface area contributed by atoms with Crippen LogP contribution in [0, 0.1) is 0 Å². The van der Waals surface area contributed by atoms with Crippen molar-refractivity contribution >= 4 is 17.4 Å². The number of hydrogen-bond acceptors (Lipinski definition) is 6. The van der Waals surface area contributed by atoms with Crippen molar-refractivity contribution in [1.29, 1.82) is 0 Å². The molecule has 0 radical (unpaired) electrons. The SMILES string of the molecule is CCOc1cccc(C2/C(=C(/O)c3ccc(OC)cc3OC)C(=O)C(=O)N2C2CCCC2)c1. The minimum Gasteiger partial charge on any atom is -0.507 e. The molecule has 2 aromatic carbocycles. The van der Waals surface area contributed by atoms with Crippen molar-refractivity contribution in [3.63, 3.8) is 0 Å². The molecule has 1 atom stereocenters. The number of amides is 1. The Morgan fingerprint density at radius 2 is 1.79 bits per heavy atom. The Kier molecular flexibility index (Phi) is 6.58. The zero-order valence-corrected chi connectivity index (χ0v) is 19.2. The summed E-state index contributed by atoms with van der Waals surface area (Å²) in [4.78, 5) is 28.2. The highest BCUT2D eigenvalue weighted by atomic mass is 16.5. The van der Waals surface area contributed by atoms with E-state index in [0.29, 0.717) is 29.4 Å². The lowest BCUT2D eigenvalue weighted by atomic mass is 9.94. The van der Waals surface area contributed by atoms with Gasteiger partial charge in [0.15, 0.2) is 0 Å². The van der Waals surface area contributed by atoms with Crippen LogP contribution in [0.2, 0.25) is 0 Å². The fourth-order valence-corrected chi connectivity index (χ4v) is 4.82. The Balaban J connectivity index is 1.90. The molecule has 1 unspecified atom stereocenters. The number of carbonyl (C=O) groups excluding carboxylic acids is 2. The third-order valence-electron chi connectivity index (χ3n) is 6.35. The molecule has 33 heavy (non-hydrogen) atoms. The molecule has 1 saturated carbocycles. The number of aliphatic hydroxyl groups excluding tert-OH is 1. The number of ketones is 1. The first-order valence-corrected chi connectivity index (χ1v) is 11.2. The van der Waals surface area contributed by atoms with Gasteiger partial charge in [0.1, 0.15) is 23.0 Å². The van der Waals surface area contributed by atoms with E-state index in [2.05, 4.69) is 0 Å². The van der Waals surface area contributed by atoms with Gasteiger partial charge in [-0.05, 0) is 49.6 Å². The van der Waals surface area contributed by atoms with Crippen LogP contribution in [0.4, 0.5) is 0 Å². The van der Waals surface area contributed by atoms with Crippen molar-refractivity contribution < 1.29 is 28.9 Å². The molecule has 2 aliphatic rings. The Bertz CT molecular complexity index is 1090. The van der Waals surface area contributed by atoms with E-state index >= 15 is 0 Å². The van der Waals surface area contributed by atoms with Gasteiger partial charge in [0, 0.05) is 12.1 Å². The summed E-state index contributed by atoms with van der Waals surface area (Å²) >= 11 is 0. The van der Waals surface area contributed by atoms with Gasteiger partial charge < -0.3 is 24.2 Å². The van der Waals surface area contributed by atoms with Crippen LogP contribution in [-0.2, 0) is 9.59 Å². The van der Waals surface area contributed by atoms with Crippen LogP contribution in [-0.4, -0.2) is 48.6 Å². The Hall–Kier alpha value is -3.48. The number of benzene rings is 2. The van der Waals surface area contributed by atoms with Crippen LogP contribution < -0.4 is 14.2 Å². The van der Waals surface area contributed by atoms with Crippen molar-refractivity contribution in [3.8, 4) is 17.2 Å². The lowest BCUT2D eigenvalue weighted by molar-refractivity contribution is -0.141. The Morgan fingerprint density at radius 1 is 1.03 bits per heavy atom. The van der Waals surface area contributed by atoms with E-state index in [9.17, 15) is 14.7 Å². The maximum absolute atomic E-state index is 13.3. The van der Waals surface area contributed by atoms with Crippen LogP contribution in [0.15, 0.2) is 48.0 Å². The standard InChI is InChI=1S/C26H29NO6/c1-4-33-19-11-7-8-16(14-19)23-22(25(29)26(30)27(23)17-9-5-6-10-17)24(28)20-13-12-18(31-2)15-21(20)32-3/h7-8,11-15,17,23,28H,4-6,9-10H2,1-3H3/b24-22-.